The number of hydrogen-bond donors (Lipinski definition) is 1. The van der Waals surface area contributed by atoms with E-state index in [9.17, 15) is 18.0 Å². The third-order valence-corrected chi connectivity index (χ3v) is 7.17. The second-order valence-corrected chi connectivity index (χ2v) is 10.7. The number of hydrogen-bond acceptors (Lipinski definition) is 5. The standard InChI is InChI=1S/C24H27ClN2O5S/c1-14(2)32-23(28)13-33(30,31)18-8-6-17(7-9-18)16(4)26-24(29)22-12-19-20(25)10-15(3)11-21(19)27(22)5/h6-12,14,16H,13H2,1-5H3,(H,26,29). The van der Waals surface area contributed by atoms with E-state index >= 15 is 0 Å². The third kappa shape index (κ3) is 5.57. The SMILES string of the molecule is Cc1cc(Cl)c2cc(C(=O)NC(C)c3ccc(S(=O)(=O)CC(=O)OC(C)C)cc3)n(C)c2c1. The van der Waals surface area contributed by atoms with E-state index in [4.69, 9.17) is 16.3 Å². The lowest BCUT2D eigenvalue weighted by Gasteiger charge is -2.15. The Labute approximate surface area is 198 Å². The van der Waals surface area contributed by atoms with Gasteiger partial charge >= 0.3 is 5.97 Å². The van der Waals surface area contributed by atoms with Gasteiger partial charge in [0.15, 0.2) is 15.6 Å². The molecule has 9 heteroatoms. The Morgan fingerprint density at radius 1 is 1.09 bits per heavy atom. The van der Waals surface area contributed by atoms with E-state index in [1.165, 1.54) is 12.1 Å². The van der Waals surface area contributed by atoms with E-state index in [1.54, 1.807) is 43.5 Å². The largest absolute Gasteiger partial charge is 0.462 e. The first-order valence-electron chi connectivity index (χ1n) is 10.5. The molecule has 0 aliphatic carbocycles. The van der Waals surface area contributed by atoms with Crippen LogP contribution in [0.15, 0.2) is 47.4 Å². The molecule has 0 fully saturated rings. The summed E-state index contributed by atoms with van der Waals surface area (Å²) in [5, 5.41) is 4.32. The van der Waals surface area contributed by atoms with Crippen molar-refractivity contribution >= 4 is 44.2 Å². The second-order valence-electron chi connectivity index (χ2n) is 8.33. The first kappa shape index (κ1) is 24.8. The molecule has 3 rings (SSSR count). The van der Waals surface area contributed by atoms with Crippen LogP contribution in [0, 0.1) is 6.92 Å². The Hall–Kier alpha value is -2.84. The van der Waals surface area contributed by atoms with Crippen LogP contribution in [-0.4, -0.2) is 36.7 Å². The maximum absolute atomic E-state index is 12.9. The molecule has 33 heavy (non-hydrogen) atoms. The average molecular weight is 491 g/mol. The topological polar surface area (TPSA) is 94.5 Å². The van der Waals surface area contributed by atoms with Crippen molar-refractivity contribution in [1.29, 1.82) is 0 Å². The highest BCUT2D eigenvalue weighted by atomic mass is 35.5. The van der Waals surface area contributed by atoms with Crippen LogP contribution >= 0.6 is 11.6 Å². The molecule has 0 saturated carbocycles. The number of aryl methyl sites for hydroxylation is 2. The molecule has 0 aliphatic heterocycles. The number of ether oxygens (including phenoxy) is 1. The number of halogens is 1. The molecule has 7 nitrogen and oxygen atoms in total. The molecule has 1 heterocycles. The van der Waals surface area contributed by atoms with Crippen LogP contribution in [0.1, 0.15) is 48.4 Å². The normalized spacial score (nSPS) is 12.7. The van der Waals surface area contributed by atoms with Crippen molar-refractivity contribution in [1.82, 2.24) is 9.88 Å². The fraction of sp³-hybridized carbons (Fsp3) is 0.333. The Bertz CT molecular complexity index is 1310. The maximum atomic E-state index is 12.9. The summed E-state index contributed by atoms with van der Waals surface area (Å²) in [6.45, 7) is 7.06. The number of benzene rings is 2. The van der Waals surface area contributed by atoms with Gasteiger partial charge in [-0.1, -0.05) is 23.7 Å². The van der Waals surface area contributed by atoms with Gasteiger partial charge in [-0.15, -0.1) is 0 Å². The molecule has 0 bridgehead atoms. The van der Waals surface area contributed by atoms with Gasteiger partial charge in [-0.25, -0.2) is 8.42 Å². The highest BCUT2D eigenvalue weighted by Gasteiger charge is 2.22. The predicted molar refractivity (Wildman–Crippen MR) is 128 cm³/mol. The molecule has 0 spiro atoms. The van der Waals surface area contributed by atoms with Crippen LogP contribution in [0.2, 0.25) is 5.02 Å². The van der Waals surface area contributed by atoms with Crippen LogP contribution < -0.4 is 5.32 Å². The number of nitrogens with zero attached hydrogens (tertiary/aromatic N) is 1. The van der Waals surface area contributed by atoms with Gasteiger partial charge in [0.2, 0.25) is 0 Å². The smallest absolute Gasteiger partial charge is 0.321 e. The van der Waals surface area contributed by atoms with Gasteiger partial charge in [0.25, 0.3) is 5.91 Å². The van der Waals surface area contributed by atoms with E-state index in [-0.39, 0.29) is 22.9 Å². The van der Waals surface area contributed by atoms with Crippen molar-refractivity contribution in [2.45, 2.75) is 44.7 Å². The Morgan fingerprint density at radius 3 is 2.33 bits per heavy atom. The number of fused-ring (bicyclic) bond motifs is 1. The average Bonchev–Trinajstić information content (AvgIpc) is 3.04. The van der Waals surface area contributed by atoms with Gasteiger partial charge in [-0.3, -0.25) is 9.59 Å². The molecule has 1 amide bonds. The summed E-state index contributed by atoms with van der Waals surface area (Å²) in [5.41, 5.74) is 3.05. The minimum atomic E-state index is -3.82. The number of amides is 1. The summed E-state index contributed by atoms with van der Waals surface area (Å²) in [5.74, 6) is -1.79. The lowest BCUT2D eigenvalue weighted by atomic mass is 10.1. The van der Waals surface area contributed by atoms with Crippen LogP contribution in [-0.2, 0) is 26.4 Å². The Morgan fingerprint density at radius 2 is 1.73 bits per heavy atom. The van der Waals surface area contributed by atoms with Crippen molar-refractivity contribution in [3.05, 3.63) is 64.3 Å². The highest BCUT2D eigenvalue weighted by Crippen LogP contribution is 2.28. The van der Waals surface area contributed by atoms with Gasteiger partial charge in [0.05, 0.1) is 27.6 Å². The van der Waals surface area contributed by atoms with E-state index in [0.717, 1.165) is 22.0 Å². The van der Waals surface area contributed by atoms with Gasteiger partial charge in [-0.05, 0) is 69.2 Å². The van der Waals surface area contributed by atoms with E-state index in [2.05, 4.69) is 5.32 Å². The molecule has 0 aliphatic rings. The first-order valence-corrected chi connectivity index (χ1v) is 12.5. The van der Waals surface area contributed by atoms with Crippen molar-refractivity contribution < 1.29 is 22.7 Å². The van der Waals surface area contributed by atoms with Crippen molar-refractivity contribution in [3.8, 4) is 0 Å². The first-order chi connectivity index (χ1) is 15.4. The Balaban J connectivity index is 1.75. The molecule has 2 aromatic carbocycles. The summed E-state index contributed by atoms with van der Waals surface area (Å²) in [4.78, 5) is 24.7. The quantitative estimate of drug-likeness (QED) is 0.496. The fourth-order valence-corrected chi connectivity index (χ4v) is 5.01. The molecule has 0 radical (unpaired) electrons. The zero-order valence-electron chi connectivity index (χ0n) is 19.2. The van der Waals surface area contributed by atoms with E-state index < -0.39 is 21.6 Å². The predicted octanol–water partition coefficient (Wildman–Crippen LogP) is 4.36. The number of carbonyl (C=O) groups excluding carboxylic acids is 2. The summed E-state index contributed by atoms with van der Waals surface area (Å²) >= 11 is 6.34. The zero-order valence-corrected chi connectivity index (χ0v) is 20.8. The zero-order chi connectivity index (χ0) is 24.5. The van der Waals surface area contributed by atoms with E-state index in [1.807, 2.05) is 26.1 Å². The molecule has 1 aromatic heterocycles. The van der Waals surface area contributed by atoms with Crippen LogP contribution in [0.4, 0.5) is 0 Å². The molecule has 1 N–H and O–H groups in total. The molecular formula is C24H27ClN2O5S. The molecule has 1 unspecified atom stereocenters. The lowest BCUT2D eigenvalue weighted by Crippen LogP contribution is -2.28. The van der Waals surface area contributed by atoms with Crippen LogP contribution in [0.3, 0.4) is 0 Å². The number of carbonyl (C=O) groups is 2. The molecule has 176 valence electrons. The highest BCUT2D eigenvalue weighted by molar-refractivity contribution is 7.92. The van der Waals surface area contributed by atoms with Crippen LogP contribution in [0.25, 0.3) is 10.9 Å². The summed E-state index contributed by atoms with van der Waals surface area (Å²) in [7, 11) is -2.01. The van der Waals surface area contributed by atoms with Crippen LogP contribution in [0.5, 0.6) is 0 Å². The number of rotatable bonds is 7. The molecule has 3 aromatic rings. The van der Waals surface area contributed by atoms with Gasteiger partial charge < -0.3 is 14.6 Å². The Kier molecular flexibility index (Phi) is 7.19. The minimum absolute atomic E-state index is 0.0178. The summed E-state index contributed by atoms with van der Waals surface area (Å²) in [6.07, 6.45) is -0.388. The van der Waals surface area contributed by atoms with Crippen molar-refractivity contribution in [3.63, 3.8) is 0 Å². The molecule has 1 atom stereocenters. The van der Waals surface area contributed by atoms with Gasteiger partial charge in [0, 0.05) is 12.4 Å². The molecule has 0 saturated heterocycles. The van der Waals surface area contributed by atoms with Gasteiger partial charge in [0.1, 0.15) is 5.69 Å². The number of sulfone groups is 1. The number of nitrogens with one attached hydrogen (secondary N) is 1. The maximum Gasteiger partial charge on any atom is 0.321 e. The monoisotopic (exact) mass is 490 g/mol. The minimum Gasteiger partial charge on any atom is -0.462 e. The fourth-order valence-electron chi connectivity index (χ4n) is 3.59. The van der Waals surface area contributed by atoms with Gasteiger partial charge in [-0.2, -0.15) is 0 Å². The molecular weight excluding hydrogens is 464 g/mol. The number of aromatic nitrogens is 1. The second kappa shape index (κ2) is 9.57. The summed E-state index contributed by atoms with van der Waals surface area (Å²) in [6, 6.07) is 11.3. The number of esters is 1. The van der Waals surface area contributed by atoms with Crippen molar-refractivity contribution in [2.75, 3.05) is 5.75 Å². The van der Waals surface area contributed by atoms with Crippen molar-refractivity contribution in [2.24, 2.45) is 7.05 Å². The lowest BCUT2D eigenvalue weighted by molar-refractivity contribution is -0.144. The third-order valence-electron chi connectivity index (χ3n) is 5.25. The summed E-state index contributed by atoms with van der Waals surface area (Å²) < 4.78 is 31.6. The van der Waals surface area contributed by atoms with E-state index in [0.29, 0.717) is 10.7 Å².